The van der Waals surface area contributed by atoms with Crippen molar-refractivity contribution in [1.82, 2.24) is 0 Å². The van der Waals surface area contributed by atoms with E-state index in [2.05, 4.69) is 38.2 Å². The summed E-state index contributed by atoms with van der Waals surface area (Å²) in [6, 6.07) is 0. The van der Waals surface area contributed by atoms with E-state index < -0.39 is 0 Å². The number of allylic oxidation sites excluding steroid dienone is 4. The van der Waals surface area contributed by atoms with E-state index in [1.54, 1.807) is 0 Å². The Bertz CT molecular complexity index is 539. The van der Waals surface area contributed by atoms with Crippen LogP contribution in [-0.4, -0.2) is 23.4 Å². The molecule has 0 fully saturated rings. The van der Waals surface area contributed by atoms with Crippen molar-refractivity contribution >= 4 is 0 Å². The van der Waals surface area contributed by atoms with Crippen molar-refractivity contribution in [3.63, 3.8) is 0 Å². The Labute approximate surface area is 239 Å². The number of unbranched alkanes of at least 4 members (excludes halogenated alkanes) is 16. The number of hydrogen-bond donors (Lipinski definition) is 2. The lowest BCUT2D eigenvalue weighted by Gasteiger charge is -2.40. The van der Waals surface area contributed by atoms with Crippen LogP contribution in [0.5, 0.6) is 0 Å². The van der Waals surface area contributed by atoms with Crippen molar-refractivity contribution in [2.24, 2.45) is 23.7 Å². The van der Waals surface area contributed by atoms with Gasteiger partial charge in [-0.05, 0) is 75.0 Å². The molecule has 0 heterocycles. The lowest BCUT2D eigenvalue weighted by molar-refractivity contribution is 0.159. The molecule has 1 aliphatic rings. The van der Waals surface area contributed by atoms with E-state index in [1.807, 2.05) is 0 Å². The van der Waals surface area contributed by atoms with Gasteiger partial charge in [0, 0.05) is 13.2 Å². The van der Waals surface area contributed by atoms with Crippen molar-refractivity contribution in [3.8, 4) is 0 Å². The van der Waals surface area contributed by atoms with Gasteiger partial charge in [-0.1, -0.05) is 141 Å². The van der Waals surface area contributed by atoms with Crippen LogP contribution < -0.4 is 0 Å². The maximum Gasteiger partial charge on any atom is 0.0431 e. The van der Waals surface area contributed by atoms with Gasteiger partial charge in [0.1, 0.15) is 0 Å². The fourth-order valence-electron chi connectivity index (χ4n) is 6.69. The molecular weight excluding hydrogens is 464 g/mol. The van der Waals surface area contributed by atoms with Gasteiger partial charge in [-0.3, -0.25) is 0 Å². The van der Waals surface area contributed by atoms with Gasteiger partial charge in [0.25, 0.3) is 0 Å². The standard InChI is InChI=1S/C36H68O2/c1-3-5-7-9-15-21-27-35-33(25-19-8-6-4-2)29-30-34(26-20-14-10-12-17-23-31-37)36(35)28-22-16-11-13-18-24-32-38/h15,21,29-30,33-38H,3-14,16-20,22-28,31-32H2,1-2H3/b21-15+. The molecule has 0 saturated carbocycles. The van der Waals surface area contributed by atoms with Crippen LogP contribution in [0.2, 0.25) is 0 Å². The van der Waals surface area contributed by atoms with E-state index in [0.717, 1.165) is 36.5 Å². The average Bonchev–Trinajstić information content (AvgIpc) is 2.93. The van der Waals surface area contributed by atoms with Crippen molar-refractivity contribution in [2.75, 3.05) is 13.2 Å². The summed E-state index contributed by atoms with van der Waals surface area (Å²) in [5.41, 5.74) is 0. The first-order valence-electron chi connectivity index (χ1n) is 17.3. The molecule has 0 bridgehead atoms. The monoisotopic (exact) mass is 533 g/mol. The molecule has 0 aliphatic heterocycles. The zero-order chi connectivity index (χ0) is 27.5. The summed E-state index contributed by atoms with van der Waals surface area (Å²) in [6.45, 7) is 5.33. The normalized spacial score (nSPS) is 21.6. The third-order valence-corrected chi connectivity index (χ3v) is 9.09. The van der Waals surface area contributed by atoms with Crippen molar-refractivity contribution in [2.45, 2.75) is 168 Å². The van der Waals surface area contributed by atoms with E-state index in [1.165, 1.54) is 141 Å². The van der Waals surface area contributed by atoms with Crippen LogP contribution >= 0.6 is 0 Å². The quantitative estimate of drug-likeness (QED) is 0.0815. The summed E-state index contributed by atoms with van der Waals surface area (Å²) in [4.78, 5) is 0. The lowest BCUT2D eigenvalue weighted by atomic mass is 9.65. The maximum atomic E-state index is 9.07. The highest BCUT2D eigenvalue weighted by atomic mass is 16.3. The minimum absolute atomic E-state index is 0.351. The van der Waals surface area contributed by atoms with Crippen molar-refractivity contribution in [3.05, 3.63) is 24.3 Å². The lowest BCUT2D eigenvalue weighted by Crippen LogP contribution is -2.31. The summed E-state index contributed by atoms with van der Waals surface area (Å²) >= 11 is 0. The summed E-state index contributed by atoms with van der Waals surface area (Å²) in [5.74, 6) is 3.22. The molecule has 0 saturated heterocycles. The molecule has 38 heavy (non-hydrogen) atoms. The Balaban J connectivity index is 2.77. The molecule has 0 amide bonds. The van der Waals surface area contributed by atoms with Crippen molar-refractivity contribution < 1.29 is 10.2 Å². The minimum atomic E-state index is 0.351. The molecular formula is C36H68O2. The highest BCUT2D eigenvalue weighted by molar-refractivity contribution is 5.06. The SMILES string of the molecule is CCCCC/C=C/CC1C(CCCCCC)C=CC(CCCCCCCCO)C1CCCCCCCCO. The summed E-state index contributed by atoms with van der Waals surface area (Å²) in [5, 5.41) is 18.1. The topological polar surface area (TPSA) is 40.5 Å². The molecule has 0 aromatic rings. The zero-order valence-electron chi connectivity index (χ0n) is 25.9. The maximum absolute atomic E-state index is 9.07. The zero-order valence-corrected chi connectivity index (χ0v) is 25.9. The Morgan fingerprint density at radius 1 is 0.474 bits per heavy atom. The van der Waals surface area contributed by atoms with E-state index in [9.17, 15) is 0 Å². The average molecular weight is 533 g/mol. The first-order valence-corrected chi connectivity index (χ1v) is 17.3. The van der Waals surface area contributed by atoms with Gasteiger partial charge in [0.2, 0.25) is 0 Å². The van der Waals surface area contributed by atoms with E-state index >= 15 is 0 Å². The first kappa shape index (κ1) is 35.4. The first-order chi connectivity index (χ1) is 18.8. The van der Waals surface area contributed by atoms with Crippen LogP contribution in [0, 0.1) is 23.7 Å². The molecule has 4 atom stereocenters. The number of rotatable bonds is 27. The second-order valence-electron chi connectivity index (χ2n) is 12.4. The molecule has 4 unspecified atom stereocenters. The summed E-state index contributed by atoms with van der Waals surface area (Å²) in [7, 11) is 0. The highest BCUT2D eigenvalue weighted by Gasteiger charge is 2.34. The molecule has 2 nitrogen and oxygen atoms in total. The Hall–Kier alpha value is -0.600. The molecule has 2 N–H and O–H groups in total. The van der Waals surface area contributed by atoms with Crippen LogP contribution in [0.15, 0.2) is 24.3 Å². The van der Waals surface area contributed by atoms with Crippen LogP contribution in [0.4, 0.5) is 0 Å². The molecule has 0 aromatic heterocycles. The van der Waals surface area contributed by atoms with Gasteiger partial charge >= 0.3 is 0 Å². The third kappa shape index (κ3) is 17.9. The Kier molecular flexibility index (Phi) is 24.8. The van der Waals surface area contributed by atoms with Gasteiger partial charge in [0.15, 0.2) is 0 Å². The van der Waals surface area contributed by atoms with Crippen LogP contribution in [0.25, 0.3) is 0 Å². The molecule has 1 rings (SSSR count). The smallest absolute Gasteiger partial charge is 0.0431 e. The molecule has 224 valence electrons. The van der Waals surface area contributed by atoms with Gasteiger partial charge < -0.3 is 10.2 Å². The summed E-state index contributed by atoms with van der Waals surface area (Å²) < 4.78 is 0. The Morgan fingerprint density at radius 2 is 0.921 bits per heavy atom. The van der Waals surface area contributed by atoms with Crippen LogP contribution in [0.3, 0.4) is 0 Å². The van der Waals surface area contributed by atoms with Gasteiger partial charge in [-0.25, -0.2) is 0 Å². The summed E-state index contributed by atoms with van der Waals surface area (Å²) in [6.07, 6.45) is 41.7. The van der Waals surface area contributed by atoms with Gasteiger partial charge in [-0.2, -0.15) is 0 Å². The molecule has 2 heteroatoms. The Morgan fingerprint density at radius 3 is 1.47 bits per heavy atom. The second-order valence-corrected chi connectivity index (χ2v) is 12.4. The highest BCUT2D eigenvalue weighted by Crippen LogP contribution is 2.44. The van der Waals surface area contributed by atoms with E-state index in [-0.39, 0.29) is 0 Å². The number of hydrogen-bond acceptors (Lipinski definition) is 2. The van der Waals surface area contributed by atoms with Crippen molar-refractivity contribution in [1.29, 1.82) is 0 Å². The minimum Gasteiger partial charge on any atom is -0.396 e. The predicted octanol–water partition coefficient (Wildman–Crippen LogP) is 11.0. The number of aliphatic hydroxyl groups excluding tert-OH is 2. The largest absolute Gasteiger partial charge is 0.396 e. The molecule has 0 aromatic carbocycles. The molecule has 0 spiro atoms. The van der Waals surface area contributed by atoms with E-state index in [0.29, 0.717) is 13.2 Å². The van der Waals surface area contributed by atoms with Crippen LogP contribution in [-0.2, 0) is 0 Å². The van der Waals surface area contributed by atoms with Gasteiger partial charge in [0.05, 0.1) is 0 Å². The third-order valence-electron chi connectivity index (χ3n) is 9.09. The second kappa shape index (κ2) is 26.6. The molecule has 1 aliphatic carbocycles. The molecule has 0 radical (unpaired) electrons. The number of aliphatic hydroxyl groups is 2. The predicted molar refractivity (Wildman–Crippen MR) is 169 cm³/mol. The van der Waals surface area contributed by atoms with Crippen LogP contribution in [0.1, 0.15) is 168 Å². The van der Waals surface area contributed by atoms with E-state index in [4.69, 9.17) is 10.2 Å². The van der Waals surface area contributed by atoms with Gasteiger partial charge in [-0.15, -0.1) is 0 Å². The fourth-order valence-corrected chi connectivity index (χ4v) is 6.69. The fraction of sp³-hybridized carbons (Fsp3) is 0.889.